The smallest absolute Gasteiger partial charge is 0.164 e. The van der Waals surface area contributed by atoms with Crippen molar-refractivity contribution in [2.45, 2.75) is 0 Å². The lowest BCUT2D eigenvalue weighted by molar-refractivity contribution is 0.669. The Kier molecular flexibility index (Phi) is 6.43. The molecule has 2 heterocycles. The molecule has 47 heavy (non-hydrogen) atoms. The fraction of sp³-hybridized carbons (Fsp3) is 0. The van der Waals surface area contributed by atoms with Gasteiger partial charge in [0.2, 0.25) is 0 Å². The van der Waals surface area contributed by atoms with Crippen LogP contribution in [0.4, 0.5) is 0 Å². The predicted octanol–water partition coefficient (Wildman–Crippen LogP) is 11.3. The molecule has 0 unspecified atom stereocenters. The van der Waals surface area contributed by atoms with Crippen molar-refractivity contribution in [3.63, 3.8) is 0 Å². The number of aromatic nitrogens is 3. The number of hydrogen-bond acceptors (Lipinski definition) is 4. The molecule has 0 amide bonds. The molecule has 7 aromatic carbocycles. The van der Waals surface area contributed by atoms with Crippen molar-refractivity contribution in [3.05, 3.63) is 164 Å². The van der Waals surface area contributed by atoms with Gasteiger partial charge >= 0.3 is 0 Å². The van der Waals surface area contributed by atoms with Gasteiger partial charge < -0.3 is 4.42 Å². The zero-order valence-corrected chi connectivity index (χ0v) is 25.3. The van der Waals surface area contributed by atoms with Gasteiger partial charge in [0.05, 0.1) is 0 Å². The van der Waals surface area contributed by atoms with Crippen LogP contribution in [0.5, 0.6) is 0 Å². The highest BCUT2D eigenvalue weighted by atomic mass is 16.3. The maximum Gasteiger partial charge on any atom is 0.164 e. The Morgan fingerprint density at radius 2 is 0.915 bits per heavy atom. The van der Waals surface area contributed by atoms with Gasteiger partial charge in [-0.3, -0.25) is 0 Å². The van der Waals surface area contributed by atoms with E-state index in [1.165, 1.54) is 21.9 Å². The van der Waals surface area contributed by atoms with Crippen molar-refractivity contribution in [2.24, 2.45) is 0 Å². The van der Waals surface area contributed by atoms with E-state index < -0.39 is 0 Å². The number of fused-ring (bicyclic) bond motifs is 4. The van der Waals surface area contributed by atoms with Crippen LogP contribution in [0.1, 0.15) is 0 Å². The summed E-state index contributed by atoms with van der Waals surface area (Å²) in [6, 6.07) is 56.5. The number of hydrogen-bond donors (Lipinski definition) is 0. The summed E-state index contributed by atoms with van der Waals surface area (Å²) in [6.07, 6.45) is 0. The molecule has 0 spiro atoms. The Labute approximate surface area is 271 Å². The molecular weight excluding hydrogens is 574 g/mol. The van der Waals surface area contributed by atoms with E-state index in [2.05, 4.69) is 91.0 Å². The van der Waals surface area contributed by atoms with E-state index >= 15 is 0 Å². The number of rotatable bonds is 5. The maximum absolute atomic E-state index is 6.47. The van der Waals surface area contributed by atoms with Crippen LogP contribution >= 0.6 is 0 Å². The fourth-order valence-electron chi connectivity index (χ4n) is 6.35. The molecule has 0 aliphatic rings. The number of benzene rings is 7. The highest BCUT2D eigenvalue weighted by molar-refractivity contribution is 6.13. The van der Waals surface area contributed by atoms with E-state index in [4.69, 9.17) is 19.4 Å². The molecule has 0 saturated heterocycles. The minimum atomic E-state index is 0.601. The van der Waals surface area contributed by atoms with Crippen molar-refractivity contribution in [1.29, 1.82) is 0 Å². The van der Waals surface area contributed by atoms with Gasteiger partial charge in [0.25, 0.3) is 0 Å². The summed E-state index contributed by atoms with van der Waals surface area (Å²) >= 11 is 0. The van der Waals surface area contributed by atoms with Crippen LogP contribution in [-0.2, 0) is 0 Å². The second kappa shape index (κ2) is 11.2. The SMILES string of the molecule is c1ccc(-c2nc(-c3ccccc3)nc(-c3ccc4c(c3)oc3cccc(-c5ccc(-c6ccc7ccccc7c6)cc5)c34)n2)cc1. The number of furan rings is 1. The molecule has 2 aromatic heterocycles. The second-order valence-corrected chi connectivity index (χ2v) is 11.7. The quantitative estimate of drug-likeness (QED) is 0.197. The van der Waals surface area contributed by atoms with Gasteiger partial charge in [0.1, 0.15) is 11.2 Å². The van der Waals surface area contributed by atoms with Gasteiger partial charge in [-0.15, -0.1) is 0 Å². The Morgan fingerprint density at radius 3 is 1.62 bits per heavy atom. The Hall–Kier alpha value is -6.39. The maximum atomic E-state index is 6.47. The highest BCUT2D eigenvalue weighted by Gasteiger charge is 2.16. The molecule has 0 aliphatic carbocycles. The molecule has 4 heteroatoms. The predicted molar refractivity (Wildman–Crippen MR) is 192 cm³/mol. The first-order valence-corrected chi connectivity index (χ1v) is 15.7. The molecule has 0 atom stereocenters. The van der Waals surface area contributed by atoms with Crippen LogP contribution in [0.15, 0.2) is 168 Å². The Morgan fingerprint density at radius 1 is 0.340 bits per heavy atom. The van der Waals surface area contributed by atoms with Crippen LogP contribution in [0, 0.1) is 0 Å². The van der Waals surface area contributed by atoms with Crippen LogP contribution in [-0.4, -0.2) is 15.0 Å². The van der Waals surface area contributed by atoms with Gasteiger partial charge in [0, 0.05) is 27.5 Å². The molecule has 0 saturated carbocycles. The number of nitrogens with zero attached hydrogens (tertiary/aromatic N) is 3. The van der Waals surface area contributed by atoms with Crippen LogP contribution in [0.3, 0.4) is 0 Å². The molecule has 0 aliphatic heterocycles. The van der Waals surface area contributed by atoms with Crippen molar-refractivity contribution in [2.75, 3.05) is 0 Å². The van der Waals surface area contributed by atoms with E-state index in [9.17, 15) is 0 Å². The Bertz CT molecular complexity index is 2500. The molecule has 220 valence electrons. The first-order valence-electron chi connectivity index (χ1n) is 15.7. The van der Waals surface area contributed by atoms with E-state index in [0.717, 1.165) is 49.8 Å². The minimum absolute atomic E-state index is 0.601. The van der Waals surface area contributed by atoms with Gasteiger partial charge in [-0.1, -0.05) is 140 Å². The summed E-state index contributed by atoms with van der Waals surface area (Å²) in [6.45, 7) is 0. The normalized spacial score (nSPS) is 11.4. The molecule has 0 bridgehead atoms. The third kappa shape index (κ3) is 4.93. The zero-order valence-electron chi connectivity index (χ0n) is 25.3. The molecule has 4 nitrogen and oxygen atoms in total. The second-order valence-electron chi connectivity index (χ2n) is 11.7. The standard InChI is InChI=1S/C43H27N3O/c1-3-11-31(12-4-1)41-44-42(32-13-5-2-6-14-32)46-43(45-41)35-24-25-37-39(27-35)47-38-17-9-16-36(40(37)38)30-21-18-29(19-22-30)34-23-20-28-10-7-8-15-33(28)26-34/h1-27H. The summed E-state index contributed by atoms with van der Waals surface area (Å²) in [4.78, 5) is 14.7. The van der Waals surface area contributed by atoms with Gasteiger partial charge in [-0.25, -0.2) is 15.0 Å². The fourth-order valence-corrected chi connectivity index (χ4v) is 6.35. The summed E-state index contributed by atoms with van der Waals surface area (Å²) in [5.74, 6) is 1.87. The third-order valence-electron chi connectivity index (χ3n) is 8.73. The topological polar surface area (TPSA) is 51.8 Å². The van der Waals surface area contributed by atoms with Crippen molar-refractivity contribution < 1.29 is 4.42 Å². The molecule has 9 rings (SSSR count). The van der Waals surface area contributed by atoms with E-state index in [1.54, 1.807) is 0 Å². The summed E-state index contributed by atoms with van der Waals surface area (Å²) < 4.78 is 6.47. The minimum Gasteiger partial charge on any atom is -0.456 e. The Balaban J connectivity index is 1.12. The van der Waals surface area contributed by atoms with E-state index in [-0.39, 0.29) is 0 Å². The van der Waals surface area contributed by atoms with Crippen LogP contribution < -0.4 is 0 Å². The van der Waals surface area contributed by atoms with Crippen molar-refractivity contribution in [1.82, 2.24) is 15.0 Å². The monoisotopic (exact) mass is 601 g/mol. The summed E-state index contributed by atoms with van der Waals surface area (Å²) in [5, 5.41) is 4.64. The molecule has 0 radical (unpaired) electrons. The molecule has 9 aromatic rings. The van der Waals surface area contributed by atoms with E-state index in [1.807, 2.05) is 72.8 Å². The van der Waals surface area contributed by atoms with Gasteiger partial charge in [-0.2, -0.15) is 0 Å². The zero-order chi connectivity index (χ0) is 31.2. The van der Waals surface area contributed by atoms with Crippen molar-refractivity contribution in [3.8, 4) is 56.4 Å². The van der Waals surface area contributed by atoms with Crippen molar-refractivity contribution >= 4 is 32.7 Å². The molecular formula is C43H27N3O. The van der Waals surface area contributed by atoms with Gasteiger partial charge in [0.15, 0.2) is 17.5 Å². The lowest BCUT2D eigenvalue weighted by Crippen LogP contribution is -2.00. The average molecular weight is 602 g/mol. The first-order chi connectivity index (χ1) is 23.3. The largest absolute Gasteiger partial charge is 0.456 e. The highest BCUT2D eigenvalue weighted by Crippen LogP contribution is 2.39. The summed E-state index contributed by atoms with van der Waals surface area (Å²) in [5.41, 5.74) is 9.06. The average Bonchev–Trinajstić information content (AvgIpc) is 3.53. The van der Waals surface area contributed by atoms with Crippen LogP contribution in [0.25, 0.3) is 89.1 Å². The van der Waals surface area contributed by atoms with Gasteiger partial charge in [-0.05, 0) is 57.3 Å². The molecule has 0 N–H and O–H groups in total. The van der Waals surface area contributed by atoms with Crippen LogP contribution in [0.2, 0.25) is 0 Å². The lowest BCUT2D eigenvalue weighted by Gasteiger charge is -2.09. The third-order valence-corrected chi connectivity index (χ3v) is 8.73. The first kappa shape index (κ1) is 27.0. The summed E-state index contributed by atoms with van der Waals surface area (Å²) in [7, 11) is 0. The lowest BCUT2D eigenvalue weighted by atomic mass is 9.96. The molecule has 0 fully saturated rings. The van der Waals surface area contributed by atoms with E-state index in [0.29, 0.717) is 17.5 Å².